The van der Waals surface area contributed by atoms with E-state index in [1.165, 1.54) is 28.1 Å². The lowest BCUT2D eigenvalue weighted by Crippen LogP contribution is -2.14. The lowest BCUT2D eigenvalue weighted by Gasteiger charge is -2.18. The molecule has 2 aromatic rings. The zero-order chi connectivity index (χ0) is 12.5. The largest absolute Gasteiger partial charge is 0.388 e. The van der Waals surface area contributed by atoms with Crippen LogP contribution < -0.4 is 10.2 Å². The first-order valence-corrected chi connectivity index (χ1v) is 6.37. The van der Waals surface area contributed by atoms with E-state index in [1.807, 2.05) is 7.05 Å². The van der Waals surface area contributed by atoms with Crippen LogP contribution in [0.25, 0.3) is 0 Å². The fourth-order valence-electron chi connectivity index (χ4n) is 2.56. The van der Waals surface area contributed by atoms with E-state index in [0.29, 0.717) is 0 Å². The topological polar surface area (TPSA) is 15.3 Å². The first-order chi connectivity index (χ1) is 8.76. The molecule has 0 saturated heterocycles. The van der Waals surface area contributed by atoms with E-state index in [-0.39, 0.29) is 0 Å². The highest BCUT2D eigenvalue weighted by molar-refractivity contribution is 5.56. The second kappa shape index (κ2) is 4.37. The van der Waals surface area contributed by atoms with Crippen LogP contribution in [0.15, 0.2) is 42.5 Å². The number of aryl methyl sites for hydroxylation is 1. The van der Waals surface area contributed by atoms with E-state index in [4.69, 9.17) is 0 Å². The Morgan fingerprint density at radius 3 is 2.61 bits per heavy atom. The van der Waals surface area contributed by atoms with Crippen LogP contribution in [-0.2, 0) is 13.1 Å². The highest BCUT2D eigenvalue weighted by atomic mass is 15.1. The molecule has 0 aliphatic carbocycles. The van der Waals surface area contributed by atoms with Gasteiger partial charge in [-0.1, -0.05) is 18.2 Å². The van der Waals surface area contributed by atoms with E-state index in [2.05, 4.69) is 59.6 Å². The maximum absolute atomic E-state index is 3.20. The van der Waals surface area contributed by atoms with Gasteiger partial charge in [0.15, 0.2) is 0 Å². The van der Waals surface area contributed by atoms with Gasteiger partial charge in [-0.05, 0) is 47.9 Å². The Kier molecular flexibility index (Phi) is 2.71. The van der Waals surface area contributed by atoms with Crippen molar-refractivity contribution in [1.29, 1.82) is 0 Å². The summed E-state index contributed by atoms with van der Waals surface area (Å²) < 4.78 is 0. The van der Waals surface area contributed by atoms with Gasteiger partial charge in [-0.25, -0.2) is 0 Å². The number of nitrogens with zero attached hydrogens (tertiary/aromatic N) is 1. The minimum atomic E-state index is 1.01. The van der Waals surface area contributed by atoms with Gasteiger partial charge >= 0.3 is 0 Å². The van der Waals surface area contributed by atoms with Gasteiger partial charge in [0.1, 0.15) is 0 Å². The zero-order valence-corrected chi connectivity index (χ0v) is 10.9. The van der Waals surface area contributed by atoms with Crippen molar-refractivity contribution in [3.8, 4) is 0 Å². The third-order valence-corrected chi connectivity index (χ3v) is 3.58. The molecule has 0 fully saturated rings. The van der Waals surface area contributed by atoms with Crippen LogP contribution in [0.4, 0.5) is 11.4 Å². The molecular weight excluding hydrogens is 220 g/mol. The molecule has 0 radical (unpaired) electrons. The number of rotatable bonds is 2. The van der Waals surface area contributed by atoms with Gasteiger partial charge in [0.05, 0.1) is 0 Å². The van der Waals surface area contributed by atoms with Gasteiger partial charge in [-0.15, -0.1) is 0 Å². The lowest BCUT2D eigenvalue weighted by atomic mass is 10.1. The van der Waals surface area contributed by atoms with Gasteiger partial charge in [-0.3, -0.25) is 0 Å². The Hall–Kier alpha value is -1.96. The summed E-state index contributed by atoms with van der Waals surface area (Å²) >= 11 is 0. The zero-order valence-electron chi connectivity index (χ0n) is 10.9. The minimum Gasteiger partial charge on any atom is -0.388 e. The summed E-state index contributed by atoms with van der Waals surface area (Å²) in [5.74, 6) is 0. The number of anilines is 2. The van der Waals surface area contributed by atoms with Crippen molar-refractivity contribution in [1.82, 2.24) is 0 Å². The Morgan fingerprint density at radius 1 is 1.00 bits per heavy atom. The molecule has 0 spiro atoms. The molecule has 18 heavy (non-hydrogen) atoms. The maximum Gasteiger partial charge on any atom is 0.0437 e. The van der Waals surface area contributed by atoms with Gasteiger partial charge in [-0.2, -0.15) is 0 Å². The fourth-order valence-corrected chi connectivity index (χ4v) is 2.56. The first-order valence-electron chi connectivity index (χ1n) is 6.37. The van der Waals surface area contributed by atoms with Crippen molar-refractivity contribution in [2.75, 3.05) is 17.3 Å². The average Bonchev–Trinajstić information content (AvgIpc) is 2.81. The molecule has 2 heteroatoms. The summed E-state index contributed by atoms with van der Waals surface area (Å²) in [6, 6.07) is 15.4. The number of fused-ring (bicyclic) bond motifs is 1. The molecule has 0 saturated carbocycles. The molecule has 0 unspecified atom stereocenters. The van der Waals surface area contributed by atoms with E-state index < -0.39 is 0 Å². The number of hydrogen-bond donors (Lipinski definition) is 1. The molecule has 0 amide bonds. The van der Waals surface area contributed by atoms with E-state index in [1.54, 1.807) is 0 Å². The molecule has 0 atom stereocenters. The Bertz CT molecular complexity index is 575. The van der Waals surface area contributed by atoms with Crippen LogP contribution in [0.2, 0.25) is 0 Å². The standard InChI is InChI=1S/C16H18N2/c1-12-4-3-5-16(8-12)18-10-13-6-7-15(17-2)9-14(13)11-18/h3-9,17H,10-11H2,1-2H3. The summed E-state index contributed by atoms with van der Waals surface area (Å²) in [5.41, 5.74) is 6.70. The second-order valence-electron chi connectivity index (χ2n) is 4.93. The van der Waals surface area contributed by atoms with E-state index in [9.17, 15) is 0 Å². The lowest BCUT2D eigenvalue weighted by molar-refractivity contribution is 0.879. The highest BCUT2D eigenvalue weighted by Crippen LogP contribution is 2.30. The molecule has 1 aliphatic rings. The van der Waals surface area contributed by atoms with E-state index >= 15 is 0 Å². The maximum atomic E-state index is 3.20. The third-order valence-electron chi connectivity index (χ3n) is 3.58. The van der Waals surface area contributed by atoms with Crippen LogP contribution >= 0.6 is 0 Å². The number of benzene rings is 2. The summed E-state index contributed by atoms with van der Waals surface area (Å²) in [4.78, 5) is 2.43. The first kappa shape index (κ1) is 11.1. The smallest absolute Gasteiger partial charge is 0.0437 e. The van der Waals surface area contributed by atoms with Crippen molar-refractivity contribution >= 4 is 11.4 Å². The van der Waals surface area contributed by atoms with Crippen LogP contribution in [0.3, 0.4) is 0 Å². The molecule has 92 valence electrons. The highest BCUT2D eigenvalue weighted by Gasteiger charge is 2.19. The van der Waals surface area contributed by atoms with Gasteiger partial charge in [0.25, 0.3) is 0 Å². The minimum absolute atomic E-state index is 1.01. The molecular formula is C16H18N2. The summed E-state index contributed by atoms with van der Waals surface area (Å²) in [5, 5.41) is 3.20. The molecule has 0 aromatic heterocycles. The molecule has 2 nitrogen and oxygen atoms in total. The van der Waals surface area contributed by atoms with Crippen molar-refractivity contribution in [3.05, 3.63) is 59.2 Å². The van der Waals surface area contributed by atoms with Crippen molar-refractivity contribution < 1.29 is 0 Å². The Labute approximate surface area is 108 Å². The second-order valence-corrected chi connectivity index (χ2v) is 4.93. The van der Waals surface area contributed by atoms with Crippen molar-refractivity contribution in [2.45, 2.75) is 20.0 Å². The molecule has 1 aliphatic heterocycles. The summed E-state index contributed by atoms with van der Waals surface area (Å²) in [6.07, 6.45) is 0. The SMILES string of the molecule is CNc1ccc2c(c1)CN(c1cccc(C)c1)C2. The van der Waals surface area contributed by atoms with Gasteiger partial charge in [0.2, 0.25) is 0 Å². The van der Waals surface area contributed by atoms with Crippen LogP contribution in [0.1, 0.15) is 16.7 Å². The summed E-state index contributed by atoms with van der Waals surface area (Å²) in [6.45, 7) is 4.17. The Balaban J connectivity index is 1.88. The van der Waals surface area contributed by atoms with Gasteiger partial charge < -0.3 is 10.2 Å². The average molecular weight is 238 g/mol. The monoisotopic (exact) mass is 238 g/mol. The predicted molar refractivity (Wildman–Crippen MR) is 77.1 cm³/mol. The molecule has 2 aromatic carbocycles. The number of nitrogens with one attached hydrogen (secondary N) is 1. The van der Waals surface area contributed by atoms with Gasteiger partial charge in [0, 0.05) is 31.5 Å². The molecule has 1 N–H and O–H groups in total. The van der Waals surface area contributed by atoms with E-state index in [0.717, 1.165) is 13.1 Å². The number of hydrogen-bond acceptors (Lipinski definition) is 2. The molecule has 3 rings (SSSR count). The quantitative estimate of drug-likeness (QED) is 0.860. The Morgan fingerprint density at radius 2 is 1.83 bits per heavy atom. The third kappa shape index (κ3) is 1.94. The van der Waals surface area contributed by atoms with Crippen LogP contribution in [-0.4, -0.2) is 7.05 Å². The van der Waals surface area contributed by atoms with Crippen molar-refractivity contribution in [3.63, 3.8) is 0 Å². The van der Waals surface area contributed by atoms with Crippen molar-refractivity contribution in [2.24, 2.45) is 0 Å². The molecule has 1 heterocycles. The molecule has 0 bridgehead atoms. The summed E-state index contributed by atoms with van der Waals surface area (Å²) in [7, 11) is 1.97. The van der Waals surface area contributed by atoms with Crippen LogP contribution in [0, 0.1) is 6.92 Å². The fraction of sp³-hybridized carbons (Fsp3) is 0.250. The predicted octanol–water partition coefficient (Wildman–Crippen LogP) is 3.56. The van der Waals surface area contributed by atoms with Crippen LogP contribution in [0.5, 0.6) is 0 Å². The normalized spacial score (nSPS) is 13.6.